The van der Waals surface area contributed by atoms with Gasteiger partial charge in [0, 0.05) is 50.8 Å². The van der Waals surface area contributed by atoms with Gasteiger partial charge in [0.1, 0.15) is 24.0 Å². The van der Waals surface area contributed by atoms with Crippen LogP contribution in [0.1, 0.15) is 38.8 Å². The molecular formula is C31H31BrN2O14S. The monoisotopic (exact) mass is 766 g/mol. The van der Waals surface area contributed by atoms with Crippen molar-refractivity contribution in [2.45, 2.75) is 70.2 Å². The van der Waals surface area contributed by atoms with Crippen LogP contribution < -0.4 is 15.2 Å². The van der Waals surface area contributed by atoms with E-state index in [1.54, 1.807) is 12.1 Å². The van der Waals surface area contributed by atoms with Crippen LogP contribution in [0.2, 0.25) is 0 Å². The zero-order chi connectivity index (χ0) is 36.0. The van der Waals surface area contributed by atoms with E-state index in [9.17, 15) is 32.4 Å². The molecule has 1 aliphatic rings. The Labute approximate surface area is 287 Å². The number of nitrogens with one attached hydrogen (secondary N) is 1. The Bertz CT molecular complexity index is 1940. The third-order valence-electron chi connectivity index (χ3n) is 6.73. The molecule has 0 unspecified atom stereocenters. The number of hydrogen-bond acceptors (Lipinski definition) is 15. The summed E-state index contributed by atoms with van der Waals surface area (Å²) in [7, 11) is -4.01. The van der Waals surface area contributed by atoms with E-state index in [1.165, 1.54) is 24.3 Å². The summed E-state index contributed by atoms with van der Waals surface area (Å²) in [6.45, 7) is 5.74. The van der Waals surface area contributed by atoms with Crippen molar-refractivity contribution in [1.82, 2.24) is 4.83 Å². The third-order valence-corrected chi connectivity index (χ3v) is 8.59. The van der Waals surface area contributed by atoms with Gasteiger partial charge in [-0.3, -0.25) is 19.2 Å². The van der Waals surface area contributed by atoms with Crippen molar-refractivity contribution in [2.75, 3.05) is 6.61 Å². The Kier molecular flexibility index (Phi) is 11.8. The molecule has 0 saturated carbocycles. The van der Waals surface area contributed by atoms with Crippen molar-refractivity contribution < 1.29 is 60.4 Å². The molecule has 4 rings (SSSR count). The number of carbonyl (C=O) groups excluding carboxylic acids is 4. The largest absolute Gasteiger partial charge is 0.463 e. The predicted molar refractivity (Wildman–Crippen MR) is 172 cm³/mol. The summed E-state index contributed by atoms with van der Waals surface area (Å²) in [5, 5.41) is 4.12. The molecule has 1 fully saturated rings. The van der Waals surface area contributed by atoms with Crippen molar-refractivity contribution in [1.29, 1.82) is 0 Å². The van der Waals surface area contributed by atoms with Gasteiger partial charge < -0.3 is 32.8 Å². The summed E-state index contributed by atoms with van der Waals surface area (Å²) in [5.74, 6) is -3.16. The standard InChI is InChI=1S/C31H31BrN2O14S/c1-15-6-8-21(9-7-15)49(40,41)34-33-13-20-10-27(39)46-24-12-25(23(32)11-22(20)24)47-31-30(45-19(5)38)29(44-18(4)37)28(43-17(3)36)26(48-31)14-42-16(2)35/h6-13,26,28-31,34H,14H2,1-5H3/b33-13-/t26-,28+,29+,30-,31-/m1/s1. The van der Waals surface area contributed by atoms with Gasteiger partial charge in [0.2, 0.25) is 12.4 Å². The zero-order valence-corrected chi connectivity index (χ0v) is 29.1. The maximum Gasteiger partial charge on any atom is 0.336 e. The molecule has 1 aliphatic heterocycles. The van der Waals surface area contributed by atoms with Crippen molar-refractivity contribution in [3.05, 3.63) is 68.5 Å². The first-order chi connectivity index (χ1) is 23.0. The van der Waals surface area contributed by atoms with E-state index < -0.39 is 76.8 Å². The Morgan fingerprint density at radius 2 is 1.51 bits per heavy atom. The molecule has 0 aliphatic carbocycles. The molecule has 0 radical (unpaired) electrons. The maximum absolute atomic E-state index is 12.6. The Balaban J connectivity index is 1.70. The number of carbonyl (C=O) groups is 4. The topological polar surface area (TPSA) is 212 Å². The van der Waals surface area contributed by atoms with E-state index in [1.807, 2.05) is 6.92 Å². The minimum atomic E-state index is -4.01. The van der Waals surface area contributed by atoms with Crippen molar-refractivity contribution in [2.24, 2.45) is 5.10 Å². The smallest absolute Gasteiger partial charge is 0.336 e. The van der Waals surface area contributed by atoms with Gasteiger partial charge in [-0.1, -0.05) is 17.7 Å². The molecule has 49 heavy (non-hydrogen) atoms. The van der Waals surface area contributed by atoms with Crippen LogP contribution in [0.4, 0.5) is 0 Å². The van der Waals surface area contributed by atoms with Crippen LogP contribution in [-0.2, 0) is 52.9 Å². The fraction of sp³-hybridized carbons (Fsp3) is 0.355. The number of halogens is 1. The van der Waals surface area contributed by atoms with Gasteiger partial charge >= 0.3 is 29.5 Å². The quantitative estimate of drug-likeness (QED) is 0.0978. The minimum absolute atomic E-state index is 0.0144. The lowest BCUT2D eigenvalue weighted by molar-refractivity contribution is -0.288. The second kappa shape index (κ2) is 15.6. The highest BCUT2D eigenvalue weighted by molar-refractivity contribution is 9.10. The summed E-state index contributed by atoms with van der Waals surface area (Å²) in [6, 6.07) is 9.98. The van der Waals surface area contributed by atoms with Crippen LogP contribution in [0.25, 0.3) is 11.0 Å². The van der Waals surface area contributed by atoms with Gasteiger partial charge in [0.15, 0.2) is 12.2 Å². The summed E-state index contributed by atoms with van der Waals surface area (Å²) in [5.41, 5.74) is 0.209. The number of esters is 4. The Morgan fingerprint density at radius 3 is 2.12 bits per heavy atom. The van der Waals surface area contributed by atoms with Crippen molar-refractivity contribution in [3.8, 4) is 5.75 Å². The number of hydrogen-bond donors (Lipinski definition) is 1. The van der Waals surface area contributed by atoms with Gasteiger partial charge in [0.05, 0.1) is 15.6 Å². The van der Waals surface area contributed by atoms with E-state index in [0.717, 1.165) is 45.5 Å². The van der Waals surface area contributed by atoms with Crippen LogP contribution in [0.5, 0.6) is 5.75 Å². The third kappa shape index (κ3) is 9.64. The zero-order valence-electron chi connectivity index (χ0n) is 26.7. The highest BCUT2D eigenvalue weighted by Gasteiger charge is 2.53. The van der Waals surface area contributed by atoms with Crippen molar-refractivity contribution >= 4 is 67.0 Å². The molecule has 5 atom stereocenters. The number of rotatable bonds is 11. The van der Waals surface area contributed by atoms with E-state index in [2.05, 4.69) is 25.9 Å². The number of benzene rings is 2. The van der Waals surface area contributed by atoms with Crippen LogP contribution in [0.3, 0.4) is 0 Å². The van der Waals surface area contributed by atoms with Gasteiger partial charge in [-0.25, -0.2) is 9.63 Å². The van der Waals surface area contributed by atoms with Crippen LogP contribution in [0, 0.1) is 6.92 Å². The van der Waals surface area contributed by atoms with Crippen LogP contribution in [0.15, 0.2) is 66.1 Å². The molecule has 2 aromatic carbocycles. The average Bonchev–Trinajstić information content (AvgIpc) is 2.99. The van der Waals surface area contributed by atoms with Gasteiger partial charge in [-0.15, -0.1) is 0 Å². The summed E-state index contributed by atoms with van der Waals surface area (Å²) in [6.07, 6.45) is -6.10. The molecule has 2 heterocycles. The first-order valence-electron chi connectivity index (χ1n) is 14.4. The molecule has 16 nitrogen and oxygen atoms in total. The van der Waals surface area contributed by atoms with Crippen molar-refractivity contribution in [3.63, 3.8) is 0 Å². The predicted octanol–water partition coefficient (Wildman–Crippen LogP) is 2.64. The molecule has 18 heteroatoms. The first kappa shape index (κ1) is 37.0. The van der Waals surface area contributed by atoms with E-state index in [-0.39, 0.29) is 26.3 Å². The molecule has 3 aromatic rings. The molecule has 262 valence electrons. The van der Waals surface area contributed by atoms with E-state index >= 15 is 0 Å². The summed E-state index contributed by atoms with van der Waals surface area (Å²) in [4.78, 5) is 62.5. The summed E-state index contributed by atoms with van der Waals surface area (Å²) < 4.78 is 64.2. The van der Waals surface area contributed by atoms with Gasteiger partial charge in [0.25, 0.3) is 10.0 Å². The molecule has 0 spiro atoms. The molecule has 0 bridgehead atoms. The lowest BCUT2D eigenvalue weighted by atomic mass is 9.98. The van der Waals surface area contributed by atoms with Gasteiger partial charge in [-0.2, -0.15) is 13.5 Å². The molecule has 1 aromatic heterocycles. The number of aryl methyl sites for hydroxylation is 1. The van der Waals surface area contributed by atoms with Gasteiger partial charge in [-0.05, 0) is 41.1 Å². The van der Waals surface area contributed by atoms with E-state index in [0.29, 0.717) is 5.39 Å². The number of sulfonamides is 1. The fourth-order valence-electron chi connectivity index (χ4n) is 4.73. The van der Waals surface area contributed by atoms with Crippen LogP contribution >= 0.6 is 15.9 Å². The maximum atomic E-state index is 12.6. The minimum Gasteiger partial charge on any atom is -0.463 e. The molecular weight excluding hydrogens is 736 g/mol. The Morgan fingerprint density at radius 1 is 0.898 bits per heavy atom. The number of hydrazone groups is 1. The normalized spacial score (nSPS) is 20.7. The van der Waals surface area contributed by atoms with E-state index in [4.69, 9.17) is 32.8 Å². The summed E-state index contributed by atoms with van der Waals surface area (Å²) >= 11 is 3.38. The number of fused-ring (bicyclic) bond motifs is 1. The number of ether oxygens (including phenoxy) is 6. The fourth-order valence-corrected chi connectivity index (χ4v) is 5.96. The lowest BCUT2D eigenvalue weighted by Gasteiger charge is -2.44. The Hall–Kier alpha value is -4.81. The lowest BCUT2D eigenvalue weighted by Crippen LogP contribution is -2.63. The molecule has 1 N–H and O–H groups in total. The first-order valence-corrected chi connectivity index (χ1v) is 16.7. The SMILES string of the molecule is CC(=O)OC[C@H]1O[C@@H](Oc2cc3oc(=O)cc(/C=N\NS(=O)(=O)c4ccc(C)cc4)c3cc2Br)[C@H](OC(C)=O)[C@@H](OC(C)=O)[C@H]1OC(C)=O. The average molecular weight is 768 g/mol. The van der Waals surface area contributed by atoms with Crippen LogP contribution in [-0.4, -0.2) is 75.8 Å². The molecule has 1 saturated heterocycles. The highest BCUT2D eigenvalue weighted by atomic mass is 79.9. The number of nitrogens with zero attached hydrogens (tertiary/aromatic N) is 1. The second-order valence-corrected chi connectivity index (χ2v) is 13.2. The molecule has 0 amide bonds. The highest BCUT2D eigenvalue weighted by Crippen LogP contribution is 2.36. The second-order valence-electron chi connectivity index (χ2n) is 10.7.